The second-order valence-corrected chi connectivity index (χ2v) is 7.83. The quantitative estimate of drug-likeness (QED) is 0.676. The highest BCUT2D eigenvalue weighted by atomic mass is 35.5. The number of amides is 2. The Bertz CT molecular complexity index is 941. The molecule has 8 heteroatoms. The van der Waals surface area contributed by atoms with Crippen LogP contribution in [0.5, 0.6) is 0 Å². The van der Waals surface area contributed by atoms with Crippen molar-refractivity contribution in [3.05, 3.63) is 64.1 Å². The van der Waals surface area contributed by atoms with E-state index in [1.807, 2.05) is 6.07 Å². The molecular weight excluding hydrogens is 433 g/mol. The van der Waals surface area contributed by atoms with E-state index in [1.54, 1.807) is 40.1 Å². The highest BCUT2D eigenvalue weighted by Gasteiger charge is 2.22. The van der Waals surface area contributed by atoms with E-state index >= 15 is 0 Å². The van der Waals surface area contributed by atoms with Crippen LogP contribution in [0.1, 0.15) is 0 Å². The summed E-state index contributed by atoms with van der Waals surface area (Å²) >= 11 is 18.7. The minimum atomic E-state index is -0.108. The lowest BCUT2D eigenvalue weighted by molar-refractivity contribution is -0.135. The monoisotopic (exact) mass is 451 g/mol. The number of anilines is 1. The molecule has 0 unspecified atom stereocenters. The standard InChI is InChI=1S/C21H20Cl3N3O2/c1-2-20(28)26-7-9-27(10-8-26)21(29)13-25-15-4-6-19(24)17(12-15)16-11-14(22)3-5-18(16)23/h2-6,11-12,25H,1,7-10,13H2. The number of nitrogens with zero attached hydrogens (tertiary/aromatic N) is 2. The average molecular weight is 453 g/mol. The van der Waals surface area contributed by atoms with Gasteiger partial charge < -0.3 is 15.1 Å². The Morgan fingerprint density at radius 2 is 1.52 bits per heavy atom. The molecule has 1 fully saturated rings. The van der Waals surface area contributed by atoms with E-state index in [0.29, 0.717) is 41.2 Å². The lowest BCUT2D eigenvalue weighted by Gasteiger charge is -2.34. The molecule has 0 aliphatic carbocycles. The van der Waals surface area contributed by atoms with E-state index in [0.717, 1.165) is 16.8 Å². The van der Waals surface area contributed by atoms with Crippen molar-refractivity contribution in [3.8, 4) is 11.1 Å². The van der Waals surface area contributed by atoms with E-state index in [-0.39, 0.29) is 18.4 Å². The first-order valence-corrected chi connectivity index (χ1v) is 10.2. The van der Waals surface area contributed by atoms with Crippen LogP contribution in [0.25, 0.3) is 11.1 Å². The van der Waals surface area contributed by atoms with Crippen LogP contribution in [-0.2, 0) is 9.59 Å². The molecule has 1 N–H and O–H groups in total. The lowest BCUT2D eigenvalue weighted by Crippen LogP contribution is -2.51. The number of carbonyl (C=O) groups excluding carboxylic acids is 2. The van der Waals surface area contributed by atoms with Crippen molar-refractivity contribution < 1.29 is 9.59 Å². The maximum absolute atomic E-state index is 12.5. The first-order chi connectivity index (χ1) is 13.9. The van der Waals surface area contributed by atoms with Gasteiger partial charge in [0.05, 0.1) is 6.54 Å². The summed E-state index contributed by atoms with van der Waals surface area (Å²) in [5.74, 6) is -0.142. The smallest absolute Gasteiger partial charge is 0.246 e. The topological polar surface area (TPSA) is 52.7 Å². The molecule has 0 spiro atoms. The van der Waals surface area contributed by atoms with E-state index in [4.69, 9.17) is 34.8 Å². The van der Waals surface area contributed by atoms with Gasteiger partial charge in [0.1, 0.15) is 0 Å². The second kappa shape index (κ2) is 9.53. The van der Waals surface area contributed by atoms with Crippen molar-refractivity contribution in [1.82, 2.24) is 9.80 Å². The minimum Gasteiger partial charge on any atom is -0.376 e. The Morgan fingerprint density at radius 1 is 0.931 bits per heavy atom. The van der Waals surface area contributed by atoms with E-state index < -0.39 is 0 Å². The molecule has 0 bridgehead atoms. The summed E-state index contributed by atoms with van der Waals surface area (Å²) in [5.41, 5.74) is 2.20. The number of piperazine rings is 1. The number of halogens is 3. The molecular formula is C21H20Cl3N3O2. The zero-order valence-corrected chi connectivity index (χ0v) is 17.9. The van der Waals surface area contributed by atoms with Crippen LogP contribution in [0.2, 0.25) is 15.1 Å². The summed E-state index contributed by atoms with van der Waals surface area (Å²) < 4.78 is 0. The Balaban J connectivity index is 1.64. The molecule has 2 aromatic carbocycles. The van der Waals surface area contributed by atoms with Crippen LogP contribution in [0.15, 0.2) is 49.1 Å². The Hall–Kier alpha value is -2.21. The molecule has 0 aromatic heterocycles. The zero-order valence-electron chi connectivity index (χ0n) is 15.6. The van der Waals surface area contributed by atoms with Gasteiger partial charge in [-0.3, -0.25) is 9.59 Å². The van der Waals surface area contributed by atoms with Crippen molar-refractivity contribution in [2.45, 2.75) is 0 Å². The van der Waals surface area contributed by atoms with Crippen molar-refractivity contribution in [1.29, 1.82) is 0 Å². The third-order valence-electron chi connectivity index (χ3n) is 4.75. The third-order valence-corrected chi connectivity index (χ3v) is 5.64. The highest BCUT2D eigenvalue weighted by molar-refractivity contribution is 6.37. The van der Waals surface area contributed by atoms with Gasteiger partial charge in [0, 0.05) is 58.1 Å². The van der Waals surface area contributed by atoms with Crippen LogP contribution in [0.3, 0.4) is 0 Å². The molecule has 0 saturated carbocycles. The Kier molecular flexibility index (Phi) is 7.06. The zero-order chi connectivity index (χ0) is 21.0. The van der Waals surface area contributed by atoms with E-state index in [2.05, 4.69) is 11.9 Å². The summed E-state index contributed by atoms with van der Waals surface area (Å²) in [5, 5.41) is 4.77. The highest BCUT2D eigenvalue weighted by Crippen LogP contribution is 2.36. The molecule has 152 valence electrons. The van der Waals surface area contributed by atoms with Crippen molar-refractivity contribution in [2.24, 2.45) is 0 Å². The second-order valence-electron chi connectivity index (χ2n) is 6.58. The molecule has 1 heterocycles. The number of hydrogen-bond donors (Lipinski definition) is 1. The number of nitrogens with one attached hydrogen (secondary N) is 1. The largest absolute Gasteiger partial charge is 0.376 e. The summed E-state index contributed by atoms with van der Waals surface area (Å²) in [6.07, 6.45) is 1.29. The van der Waals surface area contributed by atoms with Crippen LogP contribution >= 0.6 is 34.8 Å². The summed E-state index contributed by atoms with van der Waals surface area (Å²) in [7, 11) is 0. The first kappa shape index (κ1) is 21.5. The van der Waals surface area contributed by atoms with Gasteiger partial charge in [-0.15, -0.1) is 0 Å². The molecule has 2 aromatic rings. The minimum absolute atomic E-state index is 0.0343. The predicted molar refractivity (Wildman–Crippen MR) is 119 cm³/mol. The predicted octanol–water partition coefficient (Wildman–Crippen LogP) is 4.58. The molecule has 5 nitrogen and oxygen atoms in total. The van der Waals surface area contributed by atoms with Gasteiger partial charge in [-0.25, -0.2) is 0 Å². The molecule has 0 atom stereocenters. The molecule has 29 heavy (non-hydrogen) atoms. The van der Waals surface area contributed by atoms with Crippen molar-refractivity contribution in [3.63, 3.8) is 0 Å². The van der Waals surface area contributed by atoms with E-state index in [9.17, 15) is 9.59 Å². The van der Waals surface area contributed by atoms with Crippen LogP contribution in [0.4, 0.5) is 5.69 Å². The fourth-order valence-electron chi connectivity index (χ4n) is 3.14. The Labute approximate surface area is 184 Å². The molecule has 2 amide bonds. The van der Waals surface area contributed by atoms with Gasteiger partial charge >= 0.3 is 0 Å². The van der Waals surface area contributed by atoms with Gasteiger partial charge in [-0.1, -0.05) is 41.4 Å². The molecule has 1 aliphatic rings. The summed E-state index contributed by atoms with van der Waals surface area (Å²) in [4.78, 5) is 27.6. The van der Waals surface area contributed by atoms with Gasteiger partial charge in [0.25, 0.3) is 0 Å². The Morgan fingerprint density at radius 3 is 2.17 bits per heavy atom. The molecule has 1 aliphatic heterocycles. The third kappa shape index (κ3) is 5.24. The van der Waals surface area contributed by atoms with Crippen LogP contribution < -0.4 is 5.32 Å². The maximum atomic E-state index is 12.5. The SMILES string of the molecule is C=CC(=O)N1CCN(C(=O)CNc2ccc(Cl)c(-c3cc(Cl)ccc3Cl)c2)CC1. The van der Waals surface area contributed by atoms with Gasteiger partial charge in [0.2, 0.25) is 11.8 Å². The first-order valence-electron chi connectivity index (χ1n) is 9.07. The number of benzene rings is 2. The van der Waals surface area contributed by atoms with Crippen molar-refractivity contribution in [2.75, 3.05) is 38.0 Å². The van der Waals surface area contributed by atoms with Gasteiger partial charge in [0.15, 0.2) is 0 Å². The molecule has 1 saturated heterocycles. The number of carbonyl (C=O) groups is 2. The van der Waals surface area contributed by atoms with Crippen LogP contribution in [-0.4, -0.2) is 54.3 Å². The lowest BCUT2D eigenvalue weighted by atomic mass is 10.0. The fraction of sp³-hybridized carbons (Fsp3) is 0.238. The van der Waals surface area contributed by atoms with Crippen molar-refractivity contribution >= 4 is 52.3 Å². The van der Waals surface area contributed by atoms with Gasteiger partial charge in [-0.05, 0) is 42.5 Å². The summed E-state index contributed by atoms with van der Waals surface area (Å²) in [6.45, 7) is 5.66. The van der Waals surface area contributed by atoms with Crippen LogP contribution in [0, 0.1) is 0 Å². The molecule has 0 radical (unpaired) electrons. The van der Waals surface area contributed by atoms with Gasteiger partial charge in [-0.2, -0.15) is 0 Å². The normalized spacial score (nSPS) is 13.9. The number of hydrogen-bond acceptors (Lipinski definition) is 3. The van der Waals surface area contributed by atoms with E-state index in [1.165, 1.54) is 6.08 Å². The fourth-order valence-corrected chi connectivity index (χ4v) is 3.75. The summed E-state index contributed by atoms with van der Waals surface area (Å²) in [6, 6.07) is 10.6. The average Bonchev–Trinajstić information content (AvgIpc) is 2.74. The number of rotatable bonds is 5. The maximum Gasteiger partial charge on any atom is 0.246 e. The molecule has 3 rings (SSSR count).